The summed E-state index contributed by atoms with van der Waals surface area (Å²) in [4.78, 5) is 27.0. The molecule has 6 heteroatoms. The summed E-state index contributed by atoms with van der Waals surface area (Å²) < 4.78 is 0. The highest BCUT2D eigenvalue weighted by molar-refractivity contribution is 6.05. The lowest BCUT2D eigenvalue weighted by atomic mass is 9.98. The van der Waals surface area contributed by atoms with Crippen LogP contribution in [0, 0.1) is 30.9 Å². The van der Waals surface area contributed by atoms with Gasteiger partial charge in [-0.2, -0.15) is 0 Å². The lowest BCUT2D eigenvalue weighted by Crippen LogP contribution is -2.02. The average Bonchev–Trinajstić information content (AvgIpc) is 2.53. The first kappa shape index (κ1) is 16.6. The molecule has 126 valence electrons. The van der Waals surface area contributed by atoms with Gasteiger partial charge in [-0.25, -0.2) is 9.78 Å². The van der Waals surface area contributed by atoms with Gasteiger partial charge in [0.2, 0.25) is 0 Å². The standard InChI is InChI=1S/C19H16N2O4/c1-10-6-12(3)18-14(19(22)23)9-15(20-16(18)7-10)13-5-4-11(2)17(8-13)21(24)25/h4-9H,1-3H3,(H,22,23). The van der Waals surface area contributed by atoms with Crippen molar-refractivity contribution in [1.29, 1.82) is 0 Å². The van der Waals surface area contributed by atoms with Gasteiger partial charge in [-0.1, -0.05) is 18.2 Å². The monoisotopic (exact) mass is 336 g/mol. The van der Waals surface area contributed by atoms with Crippen LogP contribution in [0.2, 0.25) is 0 Å². The molecule has 0 aliphatic heterocycles. The third-order valence-electron chi connectivity index (χ3n) is 4.18. The number of aromatic nitrogens is 1. The Morgan fingerprint density at radius 1 is 1.08 bits per heavy atom. The number of hydrogen-bond donors (Lipinski definition) is 1. The Balaban J connectivity index is 2.33. The van der Waals surface area contributed by atoms with Crippen LogP contribution in [0.25, 0.3) is 22.2 Å². The van der Waals surface area contributed by atoms with E-state index in [4.69, 9.17) is 0 Å². The van der Waals surface area contributed by atoms with E-state index >= 15 is 0 Å². The lowest BCUT2D eigenvalue weighted by Gasteiger charge is -2.11. The summed E-state index contributed by atoms with van der Waals surface area (Å²) in [5.74, 6) is -1.05. The molecule has 0 aliphatic rings. The smallest absolute Gasteiger partial charge is 0.336 e. The van der Waals surface area contributed by atoms with Gasteiger partial charge in [-0.15, -0.1) is 0 Å². The summed E-state index contributed by atoms with van der Waals surface area (Å²) in [5, 5.41) is 21.4. The number of fused-ring (bicyclic) bond motifs is 1. The molecule has 2 aromatic carbocycles. The van der Waals surface area contributed by atoms with Crippen LogP contribution in [0.3, 0.4) is 0 Å². The molecule has 1 N–H and O–H groups in total. The van der Waals surface area contributed by atoms with Gasteiger partial charge >= 0.3 is 5.97 Å². The van der Waals surface area contributed by atoms with E-state index < -0.39 is 10.9 Å². The van der Waals surface area contributed by atoms with Crippen LogP contribution < -0.4 is 0 Å². The topological polar surface area (TPSA) is 93.3 Å². The molecule has 3 rings (SSSR count). The van der Waals surface area contributed by atoms with Crippen molar-refractivity contribution < 1.29 is 14.8 Å². The first-order chi connectivity index (χ1) is 11.8. The Morgan fingerprint density at radius 2 is 1.80 bits per heavy atom. The normalized spacial score (nSPS) is 10.8. The number of pyridine rings is 1. The van der Waals surface area contributed by atoms with E-state index in [1.165, 1.54) is 12.1 Å². The highest BCUT2D eigenvalue weighted by Crippen LogP contribution is 2.30. The van der Waals surface area contributed by atoms with Crippen LogP contribution in [0.15, 0.2) is 36.4 Å². The number of nitro benzene ring substituents is 1. The minimum Gasteiger partial charge on any atom is -0.478 e. The summed E-state index contributed by atoms with van der Waals surface area (Å²) in [6.07, 6.45) is 0. The van der Waals surface area contributed by atoms with Gasteiger partial charge in [-0.3, -0.25) is 10.1 Å². The molecule has 25 heavy (non-hydrogen) atoms. The molecule has 0 unspecified atom stereocenters. The van der Waals surface area contributed by atoms with Crippen molar-refractivity contribution >= 4 is 22.6 Å². The molecule has 0 spiro atoms. The van der Waals surface area contributed by atoms with Crippen LogP contribution >= 0.6 is 0 Å². The molecule has 1 aromatic heterocycles. The van der Waals surface area contributed by atoms with Gasteiger partial charge in [-0.05, 0) is 44.0 Å². The molecule has 0 aliphatic carbocycles. The molecule has 1 heterocycles. The Bertz CT molecular complexity index is 1040. The number of nitrogens with zero attached hydrogens (tertiary/aromatic N) is 2. The first-order valence-corrected chi connectivity index (χ1v) is 7.68. The summed E-state index contributed by atoms with van der Waals surface area (Å²) in [7, 11) is 0. The fraction of sp³-hybridized carbons (Fsp3) is 0.158. The highest BCUT2D eigenvalue weighted by atomic mass is 16.6. The number of hydrogen-bond acceptors (Lipinski definition) is 4. The molecule has 0 atom stereocenters. The highest BCUT2D eigenvalue weighted by Gasteiger charge is 2.17. The van der Waals surface area contributed by atoms with Gasteiger partial charge in [0.05, 0.1) is 21.7 Å². The largest absolute Gasteiger partial charge is 0.478 e. The summed E-state index contributed by atoms with van der Waals surface area (Å²) >= 11 is 0. The van der Waals surface area contributed by atoms with Gasteiger partial charge in [0.15, 0.2) is 0 Å². The molecule has 0 amide bonds. The van der Waals surface area contributed by atoms with E-state index in [1.807, 2.05) is 26.0 Å². The fourth-order valence-corrected chi connectivity index (χ4v) is 3.04. The number of aromatic carboxylic acids is 1. The summed E-state index contributed by atoms with van der Waals surface area (Å²) in [6.45, 7) is 5.42. The Labute approximate surface area is 143 Å². The third-order valence-corrected chi connectivity index (χ3v) is 4.18. The Morgan fingerprint density at radius 3 is 2.44 bits per heavy atom. The summed E-state index contributed by atoms with van der Waals surface area (Å²) in [6, 6.07) is 9.99. The number of aryl methyl sites for hydroxylation is 3. The molecular formula is C19H16N2O4. The molecule has 6 nitrogen and oxygen atoms in total. The molecule has 0 radical (unpaired) electrons. The predicted molar refractivity (Wildman–Crippen MR) is 95.0 cm³/mol. The van der Waals surface area contributed by atoms with Crippen LogP contribution in [0.1, 0.15) is 27.0 Å². The molecule has 3 aromatic rings. The number of rotatable bonds is 3. The van der Waals surface area contributed by atoms with Crippen LogP contribution in [-0.4, -0.2) is 21.0 Å². The quantitative estimate of drug-likeness (QED) is 0.564. The molecule has 0 bridgehead atoms. The second kappa shape index (κ2) is 5.98. The lowest BCUT2D eigenvalue weighted by molar-refractivity contribution is -0.385. The van der Waals surface area contributed by atoms with Gasteiger partial charge in [0, 0.05) is 22.6 Å². The molecule has 0 fully saturated rings. The zero-order valence-electron chi connectivity index (χ0n) is 14.0. The number of carbonyl (C=O) groups is 1. The average molecular weight is 336 g/mol. The predicted octanol–water partition coefficient (Wildman–Crippen LogP) is 4.43. The summed E-state index contributed by atoms with van der Waals surface area (Å²) in [5.41, 5.74) is 3.95. The molecule has 0 saturated carbocycles. The number of carboxylic acid groups (broad SMARTS) is 1. The maximum atomic E-state index is 11.7. The zero-order valence-corrected chi connectivity index (χ0v) is 14.0. The van der Waals surface area contributed by atoms with Crippen molar-refractivity contribution in [2.75, 3.05) is 0 Å². The van der Waals surface area contributed by atoms with E-state index in [0.29, 0.717) is 27.7 Å². The molecular weight excluding hydrogens is 320 g/mol. The first-order valence-electron chi connectivity index (χ1n) is 7.68. The number of carboxylic acids is 1. The van der Waals surface area contributed by atoms with E-state index in [1.54, 1.807) is 19.1 Å². The van der Waals surface area contributed by atoms with Crippen molar-refractivity contribution in [3.63, 3.8) is 0 Å². The SMILES string of the molecule is Cc1cc(C)c2c(C(=O)O)cc(-c3ccc(C)c([N+](=O)[O-])c3)nc2c1. The maximum Gasteiger partial charge on any atom is 0.336 e. The minimum absolute atomic E-state index is 0.0169. The van der Waals surface area contributed by atoms with Crippen LogP contribution in [0.5, 0.6) is 0 Å². The minimum atomic E-state index is -1.05. The van der Waals surface area contributed by atoms with Crippen LogP contribution in [-0.2, 0) is 0 Å². The van der Waals surface area contributed by atoms with Crippen molar-refractivity contribution in [1.82, 2.24) is 4.98 Å². The van der Waals surface area contributed by atoms with Gasteiger partial charge < -0.3 is 5.11 Å². The Kier molecular flexibility index (Phi) is 3.96. The maximum absolute atomic E-state index is 11.7. The van der Waals surface area contributed by atoms with Crippen LogP contribution in [0.4, 0.5) is 5.69 Å². The third kappa shape index (κ3) is 2.94. The number of benzene rings is 2. The van der Waals surface area contributed by atoms with E-state index in [-0.39, 0.29) is 11.3 Å². The second-order valence-corrected chi connectivity index (χ2v) is 6.09. The second-order valence-electron chi connectivity index (χ2n) is 6.09. The van der Waals surface area contributed by atoms with E-state index in [0.717, 1.165) is 11.1 Å². The van der Waals surface area contributed by atoms with E-state index in [9.17, 15) is 20.0 Å². The van der Waals surface area contributed by atoms with E-state index in [2.05, 4.69) is 4.98 Å². The number of nitro groups is 1. The van der Waals surface area contributed by atoms with Crippen molar-refractivity contribution in [2.24, 2.45) is 0 Å². The zero-order chi connectivity index (χ0) is 18.3. The Hall–Kier alpha value is -3.28. The van der Waals surface area contributed by atoms with Crippen molar-refractivity contribution in [2.45, 2.75) is 20.8 Å². The van der Waals surface area contributed by atoms with Gasteiger partial charge in [0.1, 0.15) is 0 Å². The fourth-order valence-electron chi connectivity index (χ4n) is 3.04. The van der Waals surface area contributed by atoms with Crippen molar-refractivity contribution in [3.8, 4) is 11.3 Å². The van der Waals surface area contributed by atoms with Crippen molar-refractivity contribution in [3.05, 3.63) is 68.8 Å². The molecule has 0 saturated heterocycles. The van der Waals surface area contributed by atoms with Gasteiger partial charge in [0.25, 0.3) is 5.69 Å².